The van der Waals surface area contributed by atoms with Crippen molar-refractivity contribution >= 4 is 17.0 Å². The van der Waals surface area contributed by atoms with E-state index in [0.717, 1.165) is 27.1 Å². The van der Waals surface area contributed by atoms with E-state index < -0.39 is 25.0 Å². The molecule has 6 nitrogen and oxygen atoms in total. The van der Waals surface area contributed by atoms with E-state index in [9.17, 15) is 4.79 Å². The van der Waals surface area contributed by atoms with Crippen molar-refractivity contribution in [2.45, 2.75) is 64.4 Å². The summed E-state index contributed by atoms with van der Waals surface area (Å²) in [6.07, 6.45) is 1.52. The first-order valence-corrected chi connectivity index (χ1v) is 12.8. The van der Waals surface area contributed by atoms with E-state index in [2.05, 4.69) is 35.9 Å². The van der Waals surface area contributed by atoms with E-state index in [1.807, 2.05) is 37.3 Å². The number of nitrogens with one attached hydrogen (secondary N) is 1. The van der Waals surface area contributed by atoms with Gasteiger partial charge in [-0.3, -0.25) is 0 Å². The second-order valence-electron chi connectivity index (χ2n) is 10.2. The zero-order valence-electron chi connectivity index (χ0n) is 26.8. The Morgan fingerprint density at radius 1 is 1.33 bits per heavy atom. The Balaban J connectivity index is 1.62. The summed E-state index contributed by atoms with van der Waals surface area (Å²) >= 11 is 0. The molecule has 6 heteroatoms. The number of para-hydroxylation sites is 2. The zero-order chi connectivity index (χ0) is 30.0. The van der Waals surface area contributed by atoms with E-state index >= 15 is 0 Å². The third kappa shape index (κ3) is 5.98. The number of carbonyl (C=O) groups is 1. The largest absolute Gasteiger partial charge is 0.457 e. The Bertz CT molecular complexity index is 1320. The van der Waals surface area contributed by atoms with Crippen LogP contribution < -0.4 is 0 Å². The van der Waals surface area contributed by atoms with Gasteiger partial charge in [0.2, 0.25) is 0 Å². The quantitative estimate of drug-likeness (QED) is 0.358. The summed E-state index contributed by atoms with van der Waals surface area (Å²) in [5.41, 5.74) is 4.07. The van der Waals surface area contributed by atoms with E-state index in [1.165, 1.54) is 12.7 Å². The molecule has 1 aromatic heterocycles. The van der Waals surface area contributed by atoms with Crippen LogP contribution in [-0.2, 0) is 27.1 Å². The van der Waals surface area contributed by atoms with Gasteiger partial charge in [0.25, 0.3) is 0 Å². The molecule has 0 bridgehead atoms. The summed E-state index contributed by atoms with van der Waals surface area (Å²) in [5.74, 6) is -0.0164. The Kier molecular flexibility index (Phi) is 6.55. The van der Waals surface area contributed by atoms with Crippen LogP contribution in [0.1, 0.15) is 68.4 Å². The van der Waals surface area contributed by atoms with Crippen LogP contribution in [-0.4, -0.2) is 60.2 Å². The van der Waals surface area contributed by atoms with Crippen LogP contribution in [0.5, 0.6) is 0 Å². The topological polar surface area (TPSA) is 67.4 Å². The Morgan fingerprint density at radius 3 is 2.92 bits per heavy atom. The standard InChI is InChI=1S/C30H41N3O3/c1-21(2)29-24-13-12-22(3)19-23(24)14-15-30(29,36-28(34)20-35-5)16-18-33(4)17-8-11-27-31-25-9-6-7-10-26(25)32-27/h6-7,9-10,12-13,19,21,29H,8,11,14-18,20H2,1-5H3,(H,31,32)/t29-,30-/m0/s1/i4D3,17D2. The minimum atomic E-state index is -2.70. The molecule has 1 N–H and O–H groups in total. The van der Waals surface area contributed by atoms with Crippen molar-refractivity contribution < 1.29 is 21.1 Å². The fraction of sp³-hybridized carbons (Fsp3) is 0.533. The molecule has 36 heavy (non-hydrogen) atoms. The summed E-state index contributed by atoms with van der Waals surface area (Å²) in [6.45, 7) is 1.00. The number of H-pyrrole nitrogens is 1. The number of esters is 1. The highest BCUT2D eigenvalue weighted by molar-refractivity contribution is 5.74. The van der Waals surface area contributed by atoms with E-state index in [1.54, 1.807) is 0 Å². The average molecular weight is 497 g/mol. The molecule has 0 spiro atoms. The number of imidazole rings is 1. The first kappa shape index (κ1) is 20.4. The normalized spacial score (nSPS) is 22.5. The molecule has 194 valence electrons. The molecule has 0 saturated carbocycles. The summed E-state index contributed by atoms with van der Waals surface area (Å²) < 4.78 is 53.7. The van der Waals surface area contributed by atoms with Gasteiger partial charge in [-0.2, -0.15) is 0 Å². The molecular weight excluding hydrogens is 450 g/mol. The van der Waals surface area contributed by atoms with Crippen molar-refractivity contribution in [3.05, 3.63) is 65.0 Å². The van der Waals surface area contributed by atoms with E-state index in [4.69, 9.17) is 16.3 Å². The minimum absolute atomic E-state index is 0.0720. The maximum absolute atomic E-state index is 12.9. The first-order valence-electron chi connectivity index (χ1n) is 15.3. The molecule has 1 aliphatic rings. The molecule has 0 fully saturated rings. The number of hydrogen-bond donors (Lipinski definition) is 1. The molecular formula is C30H41N3O3. The van der Waals surface area contributed by atoms with Crippen molar-refractivity contribution in [2.24, 2.45) is 5.92 Å². The third-order valence-corrected chi connectivity index (χ3v) is 7.13. The number of methoxy groups -OCH3 is 1. The molecule has 0 radical (unpaired) electrons. The van der Waals surface area contributed by atoms with Crippen LogP contribution in [0.2, 0.25) is 0 Å². The molecule has 3 aromatic rings. The van der Waals surface area contributed by atoms with Crippen LogP contribution >= 0.6 is 0 Å². The fourth-order valence-corrected chi connectivity index (χ4v) is 5.64. The molecule has 2 aromatic carbocycles. The van der Waals surface area contributed by atoms with E-state index in [0.29, 0.717) is 18.7 Å². The van der Waals surface area contributed by atoms with Gasteiger partial charge in [-0.1, -0.05) is 49.7 Å². The zero-order valence-corrected chi connectivity index (χ0v) is 21.8. The summed E-state index contributed by atoms with van der Waals surface area (Å²) in [6, 6.07) is 13.8. The van der Waals surface area contributed by atoms with Crippen LogP contribution in [0.25, 0.3) is 11.0 Å². The van der Waals surface area contributed by atoms with Crippen molar-refractivity contribution in [3.63, 3.8) is 0 Å². The maximum Gasteiger partial charge on any atom is 0.332 e. The molecule has 0 saturated heterocycles. The second kappa shape index (κ2) is 11.6. The van der Waals surface area contributed by atoms with Crippen LogP contribution in [0.15, 0.2) is 42.5 Å². The van der Waals surface area contributed by atoms with Crippen LogP contribution in [0.4, 0.5) is 0 Å². The predicted octanol–water partition coefficient (Wildman–Crippen LogP) is 5.44. The fourth-order valence-electron chi connectivity index (χ4n) is 5.64. The molecule has 1 heterocycles. The lowest BCUT2D eigenvalue weighted by atomic mass is 9.65. The molecule has 0 amide bonds. The number of aromatic amines is 1. The lowest BCUT2D eigenvalue weighted by Crippen LogP contribution is -2.49. The number of aromatic nitrogens is 2. The third-order valence-electron chi connectivity index (χ3n) is 7.13. The van der Waals surface area contributed by atoms with Crippen molar-refractivity contribution in [1.82, 2.24) is 14.9 Å². The monoisotopic (exact) mass is 496 g/mol. The molecule has 1 aliphatic carbocycles. The summed E-state index contributed by atoms with van der Waals surface area (Å²) in [5, 5.41) is 0. The van der Waals surface area contributed by atoms with Gasteiger partial charge in [-0.05, 0) is 68.8 Å². The lowest BCUT2D eigenvalue weighted by Gasteiger charge is -2.47. The highest BCUT2D eigenvalue weighted by Crippen LogP contribution is 2.48. The van der Waals surface area contributed by atoms with Gasteiger partial charge in [0, 0.05) is 39.3 Å². The number of rotatable bonds is 11. The predicted molar refractivity (Wildman–Crippen MR) is 144 cm³/mol. The number of aryl methyl sites for hydroxylation is 3. The second-order valence-corrected chi connectivity index (χ2v) is 10.2. The van der Waals surface area contributed by atoms with Gasteiger partial charge < -0.3 is 19.4 Å². The molecule has 0 aliphatic heterocycles. The SMILES string of the molecule is [2H]C([2H])([2H])N(CC[C@@]1(OC(=O)COC)CCc2cc(C)ccc2[C@@H]1C(C)C)C([2H])([2H])CCc1nc2ccccc2[nH]1. The smallest absolute Gasteiger partial charge is 0.332 e. The highest BCUT2D eigenvalue weighted by Gasteiger charge is 2.47. The molecule has 2 atom stereocenters. The van der Waals surface area contributed by atoms with Gasteiger partial charge in [0.15, 0.2) is 0 Å². The summed E-state index contributed by atoms with van der Waals surface area (Å²) in [4.78, 5) is 21.5. The minimum Gasteiger partial charge on any atom is -0.457 e. The van der Waals surface area contributed by atoms with Crippen molar-refractivity contribution in [3.8, 4) is 0 Å². The average Bonchev–Trinajstić information content (AvgIpc) is 3.30. The number of ether oxygens (including phenoxy) is 2. The number of nitrogens with zero attached hydrogens (tertiary/aromatic N) is 2. The molecule has 4 rings (SSSR count). The Labute approximate surface area is 222 Å². The highest BCUT2D eigenvalue weighted by atomic mass is 16.6. The Hall–Kier alpha value is -2.70. The number of benzene rings is 2. The number of carbonyl (C=O) groups excluding carboxylic acids is 1. The first-order chi connectivity index (χ1) is 19.3. The van der Waals surface area contributed by atoms with Crippen molar-refractivity contribution in [1.29, 1.82) is 0 Å². The van der Waals surface area contributed by atoms with Gasteiger partial charge >= 0.3 is 5.97 Å². The maximum atomic E-state index is 12.9. The summed E-state index contributed by atoms with van der Waals surface area (Å²) in [7, 11) is 1.43. The van der Waals surface area contributed by atoms with Crippen LogP contribution in [0, 0.1) is 12.8 Å². The van der Waals surface area contributed by atoms with Gasteiger partial charge in [0.05, 0.1) is 11.0 Å². The number of hydrogen-bond acceptors (Lipinski definition) is 5. The number of fused-ring (bicyclic) bond motifs is 2. The lowest BCUT2D eigenvalue weighted by molar-refractivity contribution is -0.172. The van der Waals surface area contributed by atoms with E-state index in [-0.39, 0.29) is 44.2 Å². The Morgan fingerprint density at radius 2 is 2.17 bits per heavy atom. The van der Waals surface area contributed by atoms with Gasteiger partial charge in [-0.25, -0.2) is 9.78 Å². The van der Waals surface area contributed by atoms with Gasteiger partial charge in [0.1, 0.15) is 18.0 Å². The van der Waals surface area contributed by atoms with Gasteiger partial charge in [-0.15, -0.1) is 0 Å². The van der Waals surface area contributed by atoms with Crippen LogP contribution in [0.3, 0.4) is 0 Å². The van der Waals surface area contributed by atoms with Crippen molar-refractivity contribution in [2.75, 3.05) is 33.7 Å². The molecule has 0 unspecified atom stereocenters.